The van der Waals surface area contributed by atoms with E-state index in [1.807, 2.05) is 0 Å². The monoisotopic (exact) mass is 312 g/mol. The third kappa shape index (κ3) is 9.16. The summed E-state index contributed by atoms with van der Waals surface area (Å²) in [7, 11) is -4.22. The minimum Gasteiger partial charge on any atom is -0.748 e. The van der Waals surface area contributed by atoms with E-state index in [1.54, 1.807) is 18.2 Å². The zero-order valence-corrected chi connectivity index (χ0v) is 13.8. The normalized spacial score (nSPS) is 10.4. The molecule has 106 valence electrons. The Morgan fingerprint density at radius 3 is 2.40 bits per heavy atom. The summed E-state index contributed by atoms with van der Waals surface area (Å²) in [6, 6.07) is 6.27. The van der Waals surface area contributed by atoms with Gasteiger partial charge in [-0.25, -0.2) is 13.2 Å². The average molecular weight is 312 g/mol. The second kappa shape index (κ2) is 9.19. The first kappa shape index (κ1) is 19.2. The maximum Gasteiger partial charge on any atom is 1.00 e. The van der Waals surface area contributed by atoms with Crippen LogP contribution in [-0.4, -0.2) is 43.0 Å². The molecule has 0 unspecified atom stereocenters. The minimum absolute atomic E-state index is 0. The van der Waals surface area contributed by atoms with Crippen LogP contribution in [-0.2, 0) is 14.9 Å². The summed E-state index contributed by atoms with van der Waals surface area (Å²) in [5.41, 5.74) is 0. The van der Waals surface area contributed by atoms with E-state index < -0.39 is 28.4 Å². The van der Waals surface area contributed by atoms with Crippen molar-refractivity contribution >= 4 is 16.1 Å². The molecule has 0 aliphatic heterocycles. The van der Waals surface area contributed by atoms with Crippen LogP contribution >= 0.6 is 0 Å². The molecule has 0 fully saturated rings. The largest absolute Gasteiger partial charge is 1.00 e. The molecule has 1 N–H and O–H groups in total. The molecule has 7 nitrogen and oxygen atoms in total. The van der Waals surface area contributed by atoms with Crippen LogP contribution in [0.25, 0.3) is 0 Å². The van der Waals surface area contributed by atoms with Gasteiger partial charge in [0, 0.05) is 11.8 Å². The van der Waals surface area contributed by atoms with Crippen LogP contribution in [0, 0.1) is 0 Å². The number of rotatable bonds is 8. The number of carboxylic acids is 1. The van der Waals surface area contributed by atoms with Crippen molar-refractivity contribution in [1.29, 1.82) is 0 Å². The SMILES string of the molecule is O=C(O)COc1cccc(OCCCS(=O)(=O)[O-])c1.[Na+]. The van der Waals surface area contributed by atoms with Gasteiger partial charge in [-0.15, -0.1) is 0 Å². The van der Waals surface area contributed by atoms with Crippen molar-refractivity contribution in [1.82, 2.24) is 0 Å². The first-order valence-electron chi connectivity index (χ1n) is 5.38. The Morgan fingerprint density at radius 1 is 1.25 bits per heavy atom. The van der Waals surface area contributed by atoms with Crippen molar-refractivity contribution in [2.24, 2.45) is 0 Å². The maximum absolute atomic E-state index is 10.4. The Labute approximate surface area is 138 Å². The molecular formula is C11H13NaO7S. The second-order valence-corrected chi connectivity index (χ2v) is 5.14. The van der Waals surface area contributed by atoms with Crippen LogP contribution in [0.3, 0.4) is 0 Å². The van der Waals surface area contributed by atoms with E-state index in [0.29, 0.717) is 11.5 Å². The number of aliphatic carboxylic acids is 1. The molecule has 9 heteroatoms. The van der Waals surface area contributed by atoms with Gasteiger partial charge in [0.15, 0.2) is 6.61 Å². The number of hydrogen-bond donors (Lipinski definition) is 1. The zero-order valence-electron chi connectivity index (χ0n) is 10.9. The summed E-state index contributed by atoms with van der Waals surface area (Å²) < 4.78 is 41.2. The summed E-state index contributed by atoms with van der Waals surface area (Å²) in [5.74, 6) is -0.836. The van der Waals surface area contributed by atoms with Crippen molar-refractivity contribution < 1.29 is 61.9 Å². The first-order chi connectivity index (χ1) is 8.87. The molecule has 0 aliphatic carbocycles. The quantitative estimate of drug-likeness (QED) is 0.320. The van der Waals surface area contributed by atoms with Crippen molar-refractivity contribution in [3.8, 4) is 11.5 Å². The predicted molar refractivity (Wildman–Crippen MR) is 64.2 cm³/mol. The average Bonchev–Trinajstić information content (AvgIpc) is 2.32. The molecule has 0 heterocycles. The van der Waals surface area contributed by atoms with E-state index in [1.165, 1.54) is 6.07 Å². The number of carboxylic acid groups (broad SMARTS) is 1. The number of benzene rings is 1. The molecule has 0 aliphatic rings. The number of ether oxygens (including phenoxy) is 2. The van der Waals surface area contributed by atoms with Crippen molar-refractivity contribution in [2.75, 3.05) is 19.0 Å². The summed E-state index contributed by atoms with van der Waals surface area (Å²) in [6.45, 7) is -0.387. The molecule has 1 aromatic rings. The molecule has 0 amide bonds. The van der Waals surface area contributed by atoms with Gasteiger partial charge < -0.3 is 19.1 Å². The van der Waals surface area contributed by atoms with Gasteiger partial charge in [-0.05, 0) is 18.6 Å². The fourth-order valence-electron chi connectivity index (χ4n) is 1.22. The Hall–Kier alpha value is -0.800. The van der Waals surface area contributed by atoms with Crippen LogP contribution in [0.5, 0.6) is 11.5 Å². The third-order valence-corrected chi connectivity index (χ3v) is 2.76. The van der Waals surface area contributed by atoms with E-state index in [-0.39, 0.29) is 42.6 Å². The van der Waals surface area contributed by atoms with E-state index >= 15 is 0 Å². The molecule has 0 saturated heterocycles. The van der Waals surface area contributed by atoms with Crippen molar-refractivity contribution in [2.45, 2.75) is 6.42 Å². The van der Waals surface area contributed by atoms with Gasteiger partial charge >= 0.3 is 35.5 Å². The minimum atomic E-state index is -4.22. The number of hydrogen-bond acceptors (Lipinski definition) is 6. The van der Waals surface area contributed by atoms with Gasteiger partial charge in [-0.1, -0.05) is 6.07 Å². The fraction of sp³-hybridized carbons (Fsp3) is 0.364. The summed E-state index contributed by atoms with van der Waals surface area (Å²) in [5, 5.41) is 8.45. The van der Waals surface area contributed by atoms with Crippen LogP contribution < -0.4 is 39.0 Å². The molecule has 1 aromatic carbocycles. The van der Waals surface area contributed by atoms with Gasteiger partial charge in [0.1, 0.15) is 11.5 Å². The summed E-state index contributed by atoms with van der Waals surface area (Å²) in [4.78, 5) is 10.3. The summed E-state index contributed by atoms with van der Waals surface area (Å²) >= 11 is 0. The number of carbonyl (C=O) groups is 1. The van der Waals surface area contributed by atoms with Gasteiger partial charge in [0.25, 0.3) is 0 Å². The standard InChI is InChI=1S/C11H14O7S.Na/c12-11(13)8-18-10-4-1-3-9(7-10)17-5-2-6-19(14,15)16;/h1,3-4,7H,2,5-6,8H2,(H,12,13)(H,14,15,16);/q;+1/p-1. The topological polar surface area (TPSA) is 113 Å². The molecule has 0 bridgehead atoms. The van der Waals surface area contributed by atoms with Gasteiger partial charge in [0.05, 0.1) is 16.7 Å². The van der Waals surface area contributed by atoms with E-state index in [4.69, 9.17) is 14.6 Å². The molecule has 1 rings (SSSR count). The van der Waals surface area contributed by atoms with E-state index in [9.17, 15) is 17.8 Å². The van der Waals surface area contributed by atoms with Crippen LogP contribution in [0.2, 0.25) is 0 Å². The second-order valence-electron chi connectivity index (χ2n) is 3.62. The predicted octanol–water partition coefficient (Wildman–Crippen LogP) is -2.53. The molecule has 0 spiro atoms. The van der Waals surface area contributed by atoms with Crippen molar-refractivity contribution in [3.05, 3.63) is 24.3 Å². The van der Waals surface area contributed by atoms with Gasteiger partial charge in [-0.2, -0.15) is 0 Å². The Kier molecular flexibility index (Phi) is 8.83. The Bertz CT molecular complexity index is 529. The molecule has 0 saturated carbocycles. The molecule has 0 atom stereocenters. The molecule has 0 aromatic heterocycles. The van der Waals surface area contributed by atoms with Gasteiger partial charge in [-0.3, -0.25) is 0 Å². The molecule has 0 radical (unpaired) electrons. The molecular weight excluding hydrogens is 299 g/mol. The maximum atomic E-state index is 10.4. The van der Waals surface area contributed by atoms with Crippen molar-refractivity contribution in [3.63, 3.8) is 0 Å². The first-order valence-corrected chi connectivity index (χ1v) is 6.95. The fourth-order valence-corrected chi connectivity index (χ4v) is 1.70. The third-order valence-electron chi connectivity index (χ3n) is 1.98. The summed E-state index contributed by atoms with van der Waals surface area (Å²) in [6.07, 6.45) is 0.0893. The Morgan fingerprint density at radius 2 is 1.85 bits per heavy atom. The zero-order chi connectivity index (χ0) is 14.3. The van der Waals surface area contributed by atoms with E-state index in [2.05, 4.69) is 0 Å². The van der Waals surface area contributed by atoms with Crippen LogP contribution in [0.4, 0.5) is 0 Å². The van der Waals surface area contributed by atoms with Crippen LogP contribution in [0.1, 0.15) is 6.42 Å². The Balaban J connectivity index is 0.00000361. The molecule has 20 heavy (non-hydrogen) atoms. The van der Waals surface area contributed by atoms with Crippen LogP contribution in [0.15, 0.2) is 24.3 Å². The van der Waals surface area contributed by atoms with E-state index in [0.717, 1.165) is 0 Å². The smallest absolute Gasteiger partial charge is 0.748 e. The van der Waals surface area contributed by atoms with Gasteiger partial charge in [0.2, 0.25) is 0 Å².